The van der Waals surface area contributed by atoms with E-state index in [-0.39, 0.29) is 5.78 Å². The van der Waals surface area contributed by atoms with Crippen LogP contribution in [0.5, 0.6) is 0 Å². The molecule has 0 spiro atoms. The molecule has 0 aliphatic rings. The van der Waals surface area contributed by atoms with E-state index in [1.54, 1.807) is 18.3 Å². The molecule has 0 saturated carbocycles. The predicted octanol–water partition coefficient (Wildman–Crippen LogP) is 4.54. The molecule has 1 heterocycles. The summed E-state index contributed by atoms with van der Waals surface area (Å²) in [5, 5.41) is 1.24. The van der Waals surface area contributed by atoms with Crippen LogP contribution in [-0.4, -0.2) is 5.78 Å². The van der Waals surface area contributed by atoms with Crippen molar-refractivity contribution in [1.82, 2.24) is 0 Å². The molecule has 1 aromatic heterocycles. The molecule has 0 N–H and O–H groups in total. The number of hydrogen-bond donors (Lipinski definition) is 0. The number of rotatable bonds is 2. The van der Waals surface area contributed by atoms with Crippen LogP contribution in [0.15, 0.2) is 18.2 Å². The fourth-order valence-corrected chi connectivity index (χ4v) is 3.02. The lowest BCUT2D eigenvalue weighted by atomic mass is 10.0. The summed E-state index contributed by atoms with van der Waals surface area (Å²) in [4.78, 5) is 12.4. The third kappa shape index (κ3) is 1.78. The molecule has 0 saturated heterocycles. The number of thiophene rings is 1. The van der Waals surface area contributed by atoms with Crippen molar-refractivity contribution in [2.75, 3.05) is 0 Å². The average Bonchev–Trinajstić information content (AvgIpc) is 2.56. The number of fused-ring (bicyclic) bond motifs is 1. The van der Waals surface area contributed by atoms with Gasteiger partial charge >= 0.3 is 0 Å². The molecule has 16 heavy (non-hydrogen) atoms. The Balaban J connectivity index is 2.69. The van der Waals surface area contributed by atoms with E-state index < -0.39 is 0 Å². The molecular weight excluding hydrogens is 216 g/mol. The van der Waals surface area contributed by atoms with Crippen molar-refractivity contribution in [2.24, 2.45) is 0 Å². The SMILES string of the molecule is CC(=O)c1sc2ccc(C(C)C)cc2c1C. The third-order valence-electron chi connectivity index (χ3n) is 2.95. The summed E-state index contributed by atoms with van der Waals surface area (Å²) < 4.78 is 1.21. The maximum absolute atomic E-state index is 11.5. The van der Waals surface area contributed by atoms with Crippen LogP contribution in [0.3, 0.4) is 0 Å². The lowest BCUT2D eigenvalue weighted by Crippen LogP contribution is -1.89. The Morgan fingerprint density at radius 3 is 2.56 bits per heavy atom. The van der Waals surface area contributed by atoms with Crippen molar-refractivity contribution in [1.29, 1.82) is 0 Å². The summed E-state index contributed by atoms with van der Waals surface area (Å²) in [6, 6.07) is 6.51. The zero-order valence-electron chi connectivity index (χ0n) is 10.1. The number of aryl methyl sites for hydroxylation is 1. The number of carbonyl (C=O) groups is 1. The Morgan fingerprint density at radius 1 is 1.31 bits per heavy atom. The monoisotopic (exact) mass is 232 g/mol. The van der Waals surface area contributed by atoms with Gasteiger partial charge in [0.25, 0.3) is 0 Å². The zero-order valence-corrected chi connectivity index (χ0v) is 10.9. The van der Waals surface area contributed by atoms with E-state index in [4.69, 9.17) is 0 Å². The lowest BCUT2D eigenvalue weighted by molar-refractivity contribution is 0.102. The first-order valence-corrected chi connectivity index (χ1v) is 6.36. The van der Waals surface area contributed by atoms with E-state index in [0.717, 1.165) is 10.4 Å². The zero-order chi connectivity index (χ0) is 11.9. The molecule has 0 unspecified atom stereocenters. The van der Waals surface area contributed by atoms with Gasteiger partial charge < -0.3 is 0 Å². The number of Topliss-reactive ketones (excluding diaryl/α,β-unsaturated/α-hetero) is 1. The minimum Gasteiger partial charge on any atom is -0.294 e. The summed E-state index contributed by atoms with van der Waals surface area (Å²) in [6.45, 7) is 8.06. The van der Waals surface area contributed by atoms with Gasteiger partial charge in [0, 0.05) is 4.70 Å². The second kappa shape index (κ2) is 4.02. The fraction of sp³-hybridized carbons (Fsp3) is 0.357. The topological polar surface area (TPSA) is 17.1 Å². The molecule has 1 aromatic carbocycles. The Kier molecular flexibility index (Phi) is 2.85. The first kappa shape index (κ1) is 11.3. The second-order valence-electron chi connectivity index (χ2n) is 4.52. The van der Waals surface area contributed by atoms with Crippen molar-refractivity contribution < 1.29 is 4.79 Å². The molecule has 84 valence electrons. The van der Waals surface area contributed by atoms with E-state index in [2.05, 4.69) is 32.0 Å². The van der Waals surface area contributed by atoms with Gasteiger partial charge in [-0.3, -0.25) is 4.79 Å². The van der Waals surface area contributed by atoms with Crippen molar-refractivity contribution >= 4 is 27.2 Å². The standard InChI is InChI=1S/C14H16OS/c1-8(2)11-5-6-13-12(7-11)9(3)14(16-13)10(4)15/h5-8H,1-4H3. The highest BCUT2D eigenvalue weighted by molar-refractivity contribution is 7.21. The molecular formula is C14H16OS. The largest absolute Gasteiger partial charge is 0.294 e. The maximum Gasteiger partial charge on any atom is 0.170 e. The molecule has 0 aliphatic heterocycles. The second-order valence-corrected chi connectivity index (χ2v) is 5.57. The summed E-state index contributed by atoms with van der Waals surface area (Å²) in [6.07, 6.45) is 0. The van der Waals surface area contributed by atoms with Crippen molar-refractivity contribution in [2.45, 2.75) is 33.6 Å². The van der Waals surface area contributed by atoms with Crippen LogP contribution < -0.4 is 0 Å². The predicted molar refractivity (Wildman–Crippen MR) is 70.7 cm³/mol. The van der Waals surface area contributed by atoms with Crippen LogP contribution in [0.1, 0.15) is 47.5 Å². The molecule has 0 bridgehead atoms. The van der Waals surface area contributed by atoms with Gasteiger partial charge in [0.15, 0.2) is 5.78 Å². The van der Waals surface area contributed by atoms with Gasteiger partial charge in [0.2, 0.25) is 0 Å². The van der Waals surface area contributed by atoms with Crippen molar-refractivity contribution in [3.8, 4) is 0 Å². The van der Waals surface area contributed by atoms with Gasteiger partial charge in [-0.05, 0) is 48.4 Å². The molecule has 2 rings (SSSR count). The minimum atomic E-state index is 0.171. The van der Waals surface area contributed by atoms with E-state index in [9.17, 15) is 4.79 Å². The summed E-state index contributed by atoms with van der Waals surface area (Å²) >= 11 is 1.60. The van der Waals surface area contributed by atoms with Gasteiger partial charge in [-0.1, -0.05) is 19.9 Å². The maximum atomic E-state index is 11.5. The van der Waals surface area contributed by atoms with E-state index in [1.807, 2.05) is 6.92 Å². The molecule has 1 nitrogen and oxygen atoms in total. The number of ketones is 1. The van der Waals surface area contributed by atoms with E-state index in [1.165, 1.54) is 15.6 Å². The van der Waals surface area contributed by atoms with Crippen LogP contribution in [0.25, 0.3) is 10.1 Å². The molecule has 0 aliphatic carbocycles. The van der Waals surface area contributed by atoms with Crippen LogP contribution in [0.2, 0.25) is 0 Å². The van der Waals surface area contributed by atoms with Crippen LogP contribution in [0, 0.1) is 6.92 Å². The molecule has 2 heteroatoms. The van der Waals surface area contributed by atoms with Crippen LogP contribution in [0.4, 0.5) is 0 Å². The van der Waals surface area contributed by atoms with Gasteiger partial charge in [-0.15, -0.1) is 11.3 Å². The summed E-state index contributed by atoms with van der Waals surface area (Å²) in [5.74, 6) is 0.703. The average molecular weight is 232 g/mol. The van der Waals surface area contributed by atoms with Crippen molar-refractivity contribution in [3.05, 3.63) is 34.2 Å². The number of carbonyl (C=O) groups excluding carboxylic acids is 1. The van der Waals surface area contributed by atoms with Gasteiger partial charge in [0.1, 0.15) is 0 Å². The Hall–Kier alpha value is -1.15. The van der Waals surface area contributed by atoms with E-state index in [0.29, 0.717) is 5.92 Å². The molecule has 0 amide bonds. The van der Waals surface area contributed by atoms with Gasteiger partial charge in [-0.2, -0.15) is 0 Å². The van der Waals surface area contributed by atoms with Gasteiger partial charge in [0.05, 0.1) is 4.88 Å². The van der Waals surface area contributed by atoms with Crippen LogP contribution in [-0.2, 0) is 0 Å². The molecule has 0 radical (unpaired) electrons. The lowest BCUT2D eigenvalue weighted by Gasteiger charge is -2.04. The van der Waals surface area contributed by atoms with Crippen molar-refractivity contribution in [3.63, 3.8) is 0 Å². The number of benzene rings is 1. The first-order chi connectivity index (χ1) is 7.50. The molecule has 0 atom stereocenters. The highest BCUT2D eigenvalue weighted by atomic mass is 32.1. The smallest absolute Gasteiger partial charge is 0.170 e. The van der Waals surface area contributed by atoms with E-state index >= 15 is 0 Å². The molecule has 0 fully saturated rings. The Bertz CT molecular complexity index is 549. The van der Waals surface area contributed by atoms with Gasteiger partial charge in [-0.25, -0.2) is 0 Å². The highest BCUT2D eigenvalue weighted by Crippen LogP contribution is 2.33. The Labute approximate surface area is 100 Å². The Morgan fingerprint density at radius 2 is 2.00 bits per heavy atom. The first-order valence-electron chi connectivity index (χ1n) is 5.54. The molecule has 2 aromatic rings. The summed E-state index contributed by atoms with van der Waals surface area (Å²) in [7, 11) is 0. The fourth-order valence-electron chi connectivity index (χ4n) is 1.93. The minimum absolute atomic E-state index is 0.171. The highest BCUT2D eigenvalue weighted by Gasteiger charge is 2.12. The van der Waals surface area contributed by atoms with Crippen LogP contribution >= 0.6 is 11.3 Å². The third-order valence-corrected chi connectivity index (χ3v) is 4.32. The normalized spacial score (nSPS) is 11.3. The number of hydrogen-bond acceptors (Lipinski definition) is 2. The quantitative estimate of drug-likeness (QED) is 0.695. The summed E-state index contributed by atoms with van der Waals surface area (Å²) in [5.41, 5.74) is 2.47.